The molecule has 23 heavy (non-hydrogen) atoms. The third-order valence-corrected chi connectivity index (χ3v) is 5.95. The summed E-state index contributed by atoms with van der Waals surface area (Å²) in [7, 11) is 0. The Bertz CT molecular complexity index is 983. The summed E-state index contributed by atoms with van der Waals surface area (Å²) in [5.74, 6) is 0.548. The molecule has 0 saturated carbocycles. The van der Waals surface area contributed by atoms with E-state index in [1.165, 1.54) is 11.8 Å². The zero-order valence-electron chi connectivity index (χ0n) is 12.5. The first-order valence-electron chi connectivity index (χ1n) is 7.31. The second-order valence-electron chi connectivity index (χ2n) is 5.33. The van der Waals surface area contributed by atoms with Crippen LogP contribution in [0.1, 0.15) is 16.1 Å². The molecule has 2 aromatic carbocycles. The van der Waals surface area contributed by atoms with Crippen molar-refractivity contribution in [3.8, 4) is 0 Å². The number of thioether (sulfide) groups is 1. The van der Waals surface area contributed by atoms with Gasteiger partial charge in [0.2, 0.25) is 0 Å². The van der Waals surface area contributed by atoms with Gasteiger partial charge in [0.25, 0.3) is 0 Å². The number of H-pyrrole nitrogens is 1. The summed E-state index contributed by atoms with van der Waals surface area (Å²) in [6.07, 6.45) is 0. The molecule has 4 aromatic rings. The van der Waals surface area contributed by atoms with E-state index in [0.29, 0.717) is 5.75 Å². The monoisotopic (exact) mass is 338 g/mol. The van der Waals surface area contributed by atoms with Crippen LogP contribution in [0.4, 0.5) is 0 Å². The lowest BCUT2D eigenvalue weighted by Crippen LogP contribution is -2.03. The molecule has 0 bridgehead atoms. The van der Waals surface area contributed by atoms with Gasteiger partial charge < -0.3 is 4.98 Å². The van der Waals surface area contributed by atoms with Crippen LogP contribution in [0.15, 0.2) is 52.9 Å². The van der Waals surface area contributed by atoms with Gasteiger partial charge in [-0.15, -0.1) is 11.3 Å². The first kappa shape index (κ1) is 14.5. The number of nitrogens with zero attached hydrogens (tertiary/aromatic N) is 1. The zero-order chi connectivity index (χ0) is 15.8. The molecule has 0 amide bonds. The smallest absolute Gasteiger partial charge is 0.175 e. The highest BCUT2D eigenvalue weighted by molar-refractivity contribution is 8.01. The lowest BCUT2D eigenvalue weighted by Gasteiger charge is -1.99. The van der Waals surface area contributed by atoms with Gasteiger partial charge in [0.05, 0.1) is 16.0 Å². The number of hydrogen-bond donors (Lipinski definition) is 1. The largest absolute Gasteiger partial charge is 0.358 e. The number of carbonyl (C=O) groups is 1. The number of para-hydroxylation sites is 2. The minimum atomic E-state index is 0.143. The molecule has 2 heterocycles. The van der Waals surface area contributed by atoms with Crippen LogP contribution in [0, 0.1) is 6.92 Å². The van der Waals surface area contributed by atoms with Crippen LogP contribution >= 0.6 is 23.1 Å². The molecular weight excluding hydrogens is 324 g/mol. The van der Waals surface area contributed by atoms with Crippen LogP contribution in [0.3, 0.4) is 0 Å². The molecule has 4 rings (SSSR count). The molecule has 0 saturated heterocycles. The van der Waals surface area contributed by atoms with E-state index in [1.807, 2.05) is 49.4 Å². The molecule has 3 nitrogen and oxygen atoms in total. The van der Waals surface area contributed by atoms with E-state index in [1.54, 1.807) is 11.3 Å². The maximum absolute atomic E-state index is 12.7. The predicted octanol–water partition coefficient (Wildman–Crippen LogP) is 5.06. The maximum Gasteiger partial charge on any atom is 0.175 e. The van der Waals surface area contributed by atoms with E-state index in [9.17, 15) is 4.79 Å². The third kappa shape index (κ3) is 2.66. The molecular formula is C18H14N2OS2. The van der Waals surface area contributed by atoms with Crippen LogP contribution in [0.25, 0.3) is 21.1 Å². The van der Waals surface area contributed by atoms with Crippen LogP contribution < -0.4 is 0 Å². The second-order valence-corrected chi connectivity index (χ2v) is 7.58. The lowest BCUT2D eigenvalue weighted by atomic mass is 10.1. The molecule has 0 radical (unpaired) electrons. The summed E-state index contributed by atoms with van der Waals surface area (Å²) in [5, 5.41) is 1.000. The van der Waals surface area contributed by atoms with Gasteiger partial charge in [-0.1, -0.05) is 42.1 Å². The number of thiazole rings is 1. The Hall–Kier alpha value is -2.11. The Balaban J connectivity index is 1.58. The van der Waals surface area contributed by atoms with Gasteiger partial charge in [-0.3, -0.25) is 4.79 Å². The summed E-state index contributed by atoms with van der Waals surface area (Å²) < 4.78 is 2.10. The molecule has 0 aliphatic carbocycles. The first-order chi connectivity index (χ1) is 11.2. The fraction of sp³-hybridized carbons (Fsp3) is 0.111. The van der Waals surface area contributed by atoms with E-state index in [4.69, 9.17) is 0 Å². The van der Waals surface area contributed by atoms with E-state index in [0.717, 1.165) is 36.7 Å². The zero-order valence-corrected chi connectivity index (χ0v) is 14.1. The van der Waals surface area contributed by atoms with Crippen molar-refractivity contribution in [3.05, 3.63) is 59.8 Å². The molecule has 5 heteroatoms. The van der Waals surface area contributed by atoms with Crippen LogP contribution in [-0.4, -0.2) is 21.5 Å². The molecule has 0 aliphatic rings. The fourth-order valence-electron chi connectivity index (χ4n) is 2.75. The van der Waals surface area contributed by atoms with Crippen molar-refractivity contribution in [1.82, 2.24) is 9.97 Å². The van der Waals surface area contributed by atoms with Crippen molar-refractivity contribution in [1.29, 1.82) is 0 Å². The quantitative estimate of drug-likeness (QED) is 0.418. The Morgan fingerprint density at radius 3 is 2.83 bits per heavy atom. The third-order valence-electron chi connectivity index (χ3n) is 3.77. The van der Waals surface area contributed by atoms with Crippen molar-refractivity contribution in [2.45, 2.75) is 11.3 Å². The van der Waals surface area contributed by atoms with E-state index in [2.05, 4.69) is 16.0 Å². The van der Waals surface area contributed by atoms with Crippen molar-refractivity contribution < 1.29 is 4.79 Å². The standard InChI is InChI=1S/C18H14N2OS2/c1-11-17(12-6-2-3-7-13(12)19-11)15(21)10-22-18-20-14-8-4-5-9-16(14)23-18/h2-9,19H,10H2,1H3. The molecule has 0 aliphatic heterocycles. The van der Waals surface area contributed by atoms with Crippen molar-refractivity contribution in [3.63, 3.8) is 0 Å². The summed E-state index contributed by atoms with van der Waals surface area (Å²) in [6, 6.07) is 16.0. The average Bonchev–Trinajstić information content (AvgIpc) is 3.12. The highest BCUT2D eigenvalue weighted by atomic mass is 32.2. The number of Topliss-reactive ketones (excluding diaryl/α,β-unsaturated/α-hetero) is 1. The summed E-state index contributed by atoms with van der Waals surface area (Å²) in [5.41, 5.74) is 3.74. The van der Waals surface area contributed by atoms with Gasteiger partial charge in [0.1, 0.15) is 0 Å². The Kier molecular flexibility index (Phi) is 3.67. The number of benzene rings is 2. The number of nitrogens with one attached hydrogen (secondary N) is 1. The highest BCUT2D eigenvalue weighted by Gasteiger charge is 2.16. The molecule has 2 aromatic heterocycles. The lowest BCUT2D eigenvalue weighted by molar-refractivity contribution is 0.102. The molecule has 0 unspecified atom stereocenters. The topological polar surface area (TPSA) is 45.8 Å². The second kappa shape index (κ2) is 5.83. The van der Waals surface area contributed by atoms with Gasteiger partial charge >= 0.3 is 0 Å². The van der Waals surface area contributed by atoms with E-state index in [-0.39, 0.29) is 5.78 Å². The van der Waals surface area contributed by atoms with Crippen LogP contribution in [0.2, 0.25) is 0 Å². The van der Waals surface area contributed by atoms with Gasteiger partial charge in [-0.25, -0.2) is 4.98 Å². The normalized spacial score (nSPS) is 11.3. The number of hydrogen-bond acceptors (Lipinski definition) is 4. The minimum Gasteiger partial charge on any atom is -0.358 e. The van der Waals surface area contributed by atoms with Crippen molar-refractivity contribution in [2.75, 3.05) is 5.75 Å². The molecule has 0 spiro atoms. The summed E-state index contributed by atoms with van der Waals surface area (Å²) in [4.78, 5) is 20.5. The fourth-order valence-corrected chi connectivity index (χ4v) is 4.69. The molecule has 114 valence electrons. The summed E-state index contributed by atoms with van der Waals surface area (Å²) >= 11 is 3.15. The van der Waals surface area contributed by atoms with Gasteiger partial charge in [-0.2, -0.15) is 0 Å². The van der Waals surface area contributed by atoms with Crippen molar-refractivity contribution in [2.24, 2.45) is 0 Å². The number of ketones is 1. The van der Waals surface area contributed by atoms with Gasteiger partial charge in [-0.05, 0) is 25.1 Å². The number of rotatable bonds is 4. The molecule has 0 fully saturated rings. The maximum atomic E-state index is 12.7. The van der Waals surface area contributed by atoms with Gasteiger partial charge in [0, 0.05) is 22.2 Å². The Morgan fingerprint density at radius 1 is 1.17 bits per heavy atom. The van der Waals surface area contributed by atoms with Crippen LogP contribution in [0.5, 0.6) is 0 Å². The predicted molar refractivity (Wildman–Crippen MR) is 97.7 cm³/mol. The first-order valence-corrected chi connectivity index (χ1v) is 9.11. The Morgan fingerprint density at radius 2 is 1.96 bits per heavy atom. The minimum absolute atomic E-state index is 0.143. The van der Waals surface area contributed by atoms with Crippen LogP contribution in [-0.2, 0) is 0 Å². The SMILES string of the molecule is Cc1[nH]c2ccccc2c1C(=O)CSc1nc2ccccc2s1. The van der Waals surface area contributed by atoms with E-state index >= 15 is 0 Å². The summed E-state index contributed by atoms with van der Waals surface area (Å²) in [6.45, 7) is 1.95. The highest BCUT2D eigenvalue weighted by Crippen LogP contribution is 2.31. The Labute approximate surface area is 141 Å². The molecule has 1 N–H and O–H groups in total. The number of aromatic nitrogens is 2. The average molecular weight is 338 g/mol. The van der Waals surface area contributed by atoms with Gasteiger partial charge in [0.15, 0.2) is 10.1 Å². The number of aryl methyl sites for hydroxylation is 1. The number of fused-ring (bicyclic) bond motifs is 2. The number of aromatic amines is 1. The van der Waals surface area contributed by atoms with E-state index < -0.39 is 0 Å². The molecule has 0 atom stereocenters. The van der Waals surface area contributed by atoms with Crippen molar-refractivity contribution >= 4 is 50.0 Å². The number of carbonyl (C=O) groups excluding carboxylic acids is 1.